The molecule has 3 aromatic carbocycles. The molecule has 0 aliphatic carbocycles. The molecule has 0 fully saturated rings. The molecule has 0 saturated carbocycles. The van der Waals surface area contributed by atoms with E-state index in [1.54, 1.807) is 84.2 Å². The molecular formula is C54H49F4IrN9O7S3-2. The summed E-state index contributed by atoms with van der Waals surface area (Å²) < 4.78 is 84.0. The van der Waals surface area contributed by atoms with Crippen molar-refractivity contribution in [1.82, 2.24) is 40.9 Å². The van der Waals surface area contributed by atoms with Gasteiger partial charge in [-0.2, -0.15) is 8.42 Å². The van der Waals surface area contributed by atoms with Crippen LogP contribution in [0.4, 0.5) is 23.2 Å². The van der Waals surface area contributed by atoms with Gasteiger partial charge in [0.1, 0.15) is 16.8 Å². The van der Waals surface area contributed by atoms with Crippen molar-refractivity contribution in [3.05, 3.63) is 176 Å². The molecule has 0 spiro atoms. The number of nitrogens with one attached hydrogen (secondary N) is 4. The minimum absolute atomic E-state index is 0. The first-order chi connectivity index (χ1) is 37.1. The van der Waals surface area contributed by atoms with Crippen LogP contribution < -0.4 is 21.3 Å². The van der Waals surface area contributed by atoms with Gasteiger partial charge < -0.3 is 31.2 Å². The van der Waals surface area contributed by atoms with Crippen molar-refractivity contribution < 1.29 is 69.8 Å². The molecule has 1 atom stereocenters. The molecule has 0 aliphatic heterocycles. The molecule has 4 amide bonds. The summed E-state index contributed by atoms with van der Waals surface area (Å²) in [5.41, 5.74) is 3.16. The van der Waals surface area contributed by atoms with Crippen LogP contribution in [0.5, 0.6) is 0 Å². The molecule has 0 aliphatic rings. The summed E-state index contributed by atoms with van der Waals surface area (Å²) in [6.45, 7) is 0.634. The second kappa shape index (κ2) is 31.9. The fourth-order valence-electron chi connectivity index (χ4n) is 7.01. The quantitative estimate of drug-likeness (QED) is 0.0113. The number of halogens is 4. The van der Waals surface area contributed by atoms with Gasteiger partial charge in [-0.1, -0.05) is 76.5 Å². The van der Waals surface area contributed by atoms with Gasteiger partial charge in [0.15, 0.2) is 0 Å². The Balaban J connectivity index is 0.000000309. The standard InChI is InChI=1S/C32H37N7O7S3.2C11H6F2N.Ir/c40-26(33-19-20-47-48-29-11-2-4-15-34-29)8-1-3-16-37-32(43)25(21-49(44,45)46)39-28(42)10-5-9-27(41)38-24-14-18-36-31-23(24)13-12-22-7-6-17-35-30(22)31;2*12-8-4-5-9(10(13)7-8)11-3-1-2-6-14-11;/h2,4,6-7,11-15,17-18,25H,1,3,5,8-10,16,19-21H2,(H,33,40)(H,37,43)(H,39,42)(H,36,38,41)(H,44,45,46);2*1-4,6-7H;/q;2*-1;. The van der Waals surface area contributed by atoms with Gasteiger partial charge in [-0.15, -0.1) is 24.3 Å². The van der Waals surface area contributed by atoms with E-state index in [0.29, 0.717) is 58.6 Å². The normalized spacial score (nSPS) is 11.1. The van der Waals surface area contributed by atoms with Crippen LogP contribution in [0.25, 0.3) is 44.3 Å². The Hall–Kier alpha value is -7.21. The van der Waals surface area contributed by atoms with Gasteiger partial charge in [-0.05, 0) is 83.9 Å². The number of fused-ring (bicyclic) bond motifs is 3. The Morgan fingerprint density at radius 3 is 1.82 bits per heavy atom. The molecule has 8 aromatic rings. The van der Waals surface area contributed by atoms with Crippen LogP contribution in [0.2, 0.25) is 0 Å². The van der Waals surface area contributed by atoms with E-state index in [4.69, 9.17) is 0 Å². The largest absolute Gasteiger partial charge is 0.355 e. The maximum absolute atomic E-state index is 13.2. The Kier molecular flexibility index (Phi) is 25.2. The summed E-state index contributed by atoms with van der Waals surface area (Å²) in [6.07, 6.45) is 9.15. The van der Waals surface area contributed by atoms with Crippen LogP contribution >= 0.6 is 21.6 Å². The zero-order valence-electron chi connectivity index (χ0n) is 41.1. The zero-order chi connectivity index (χ0) is 55.0. The maximum Gasteiger partial charge on any atom is 0.267 e. The molecule has 5 aromatic heterocycles. The van der Waals surface area contributed by atoms with Crippen LogP contribution in [0, 0.1) is 35.4 Å². The number of amides is 4. The number of pyridine rings is 5. The molecule has 1 radical (unpaired) electrons. The SMILES string of the molecule is Fc1c[c-]c(-c2ccccn2)c(F)c1.Fc1c[c-]c(-c2ccccn2)c(F)c1.O=C(CCCCNC(=O)C(CS(=O)(=O)O)NC(=O)CCCC(=O)Nc1ccnc2c1ccc1cccnc12)NCCSSc1ccccn1.[Ir]. The first kappa shape index (κ1) is 61.6. The number of carbonyl (C=O) groups excluding carboxylic acids is 4. The summed E-state index contributed by atoms with van der Waals surface area (Å²) in [5, 5.41) is 13.0. The maximum atomic E-state index is 13.2. The number of benzene rings is 3. The van der Waals surface area contributed by atoms with Crippen LogP contribution in [0.15, 0.2) is 145 Å². The average molecular weight is 1300 g/mol. The van der Waals surface area contributed by atoms with Crippen LogP contribution in [-0.4, -0.2) is 92.2 Å². The molecule has 0 bridgehead atoms. The Labute approximate surface area is 468 Å². The van der Waals surface area contributed by atoms with E-state index in [1.807, 2.05) is 42.5 Å². The molecule has 409 valence electrons. The minimum atomic E-state index is -4.60. The smallest absolute Gasteiger partial charge is 0.267 e. The summed E-state index contributed by atoms with van der Waals surface area (Å²) in [7, 11) is -1.49. The predicted molar refractivity (Wildman–Crippen MR) is 287 cm³/mol. The number of aromatic nitrogens is 5. The second-order valence-electron chi connectivity index (χ2n) is 16.3. The molecule has 24 heteroatoms. The van der Waals surface area contributed by atoms with Crippen LogP contribution in [0.3, 0.4) is 0 Å². The summed E-state index contributed by atoms with van der Waals surface area (Å²) >= 11 is 0. The van der Waals surface area contributed by atoms with Crippen molar-refractivity contribution in [3.8, 4) is 22.5 Å². The van der Waals surface area contributed by atoms with Gasteiger partial charge in [-0.3, -0.25) is 51.3 Å². The van der Waals surface area contributed by atoms with Gasteiger partial charge in [0.05, 0.1) is 16.7 Å². The number of unbranched alkanes of at least 4 members (excludes halogenated alkanes) is 1. The van der Waals surface area contributed by atoms with Gasteiger partial charge in [0.2, 0.25) is 23.6 Å². The first-order valence-electron chi connectivity index (χ1n) is 23.6. The first-order valence-corrected chi connectivity index (χ1v) is 27.5. The van der Waals surface area contributed by atoms with E-state index in [2.05, 4.69) is 58.3 Å². The summed E-state index contributed by atoms with van der Waals surface area (Å²) in [4.78, 5) is 70.9. The van der Waals surface area contributed by atoms with Crippen molar-refractivity contribution in [1.29, 1.82) is 0 Å². The molecule has 16 nitrogen and oxygen atoms in total. The third kappa shape index (κ3) is 20.6. The third-order valence-corrected chi connectivity index (χ3v) is 13.6. The summed E-state index contributed by atoms with van der Waals surface area (Å²) in [6, 6.07) is 32.3. The van der Waals surface area contributed by atoms with Crippen molar-refractivity contribution in [3.63, 3.8) is 0 Å². The van der Waals surface area contributed by atoms with E-state index < -0.39 is 57.0 Å². The zero-order valence-corrected chi connectivity index (χ0v) is 46.0. The van der Waals surface area contributed by atoms with Crippen LogP contribution in [-0.2, 0) is 49.4 Å². The number of nitrogens with zero attached hydrogens (tertiary/aromatic N) is 5. The number of hydrogen-bond donors (Lipinski definition) is 5. The van der Waals surface area contributed by atoms with Crippen molar-refractivity contribution in [2.45, 2.75) is 49.6 Å². The van der Waals surface area contributed by atoms with Crippen molar-refractivity contribution in [2.75, 3.05) is 29.9 Å². The Bertz CT molecular complexity index is 3280. The van der Waals surface area contributed by atoms with Gasteiger partial charge in [-0.25, -0.2) is 4.98 Å². The van der Waals surface area contributed by atoms with E-state index in [-0.39, 0.29) is 75.3 Å². The fraction of sp³-hybridized carbons (Fsp3) is 0.204. The van der Waals surface area contributed by atoms with Gasteiger partial charge in [0, 0.05) is 123 Å². The van der Waals surface area contributed by atoms with Crippen molar-refractivity contribution in [2.24, 2.45) is 0 Å². The third-order valence-electron chi connectivity index (χ3n) is 10.6. The molecular weight excluding hydrogens is 1250 g/mol. The molecule has 5 N–H and O–H groups in total. The molecule has 1 unspecified atom stereocenters. The fourth-order valence-corrected chi connectivity index (χ4v) is 9.45. The van der Waals surface area contributed by atoms with E-state index in [0.717, 1.165) is 34.7 Å². The van der Waals surface area contributed by atoms with Gasteiger partial charge in [0.25, 0.3) is 10.1 Å². The molecule has 78 heavy (non-hydrogen) atoms. The van der Waals surface area contributed by atoms with Gasteiger partial charge >= 0.3 is 0 Å². The van der Waals surface area contributed by atoms with E-state index in [9.17, 15) is 49.7 Å². The second-order valence-corrected chi connectivity index (χ2v) is 20.3. The predicted octanol–water partition coefficient (Wildman–Crippen LogP) is 9.15. The van der Waals surface area contributed by atoms with Crippen molar-refractivity contribution >= 4 is 82.8 Å². The Morgan fingerprint density at radius 1 is 0.615 bits per heavy atom. The topological polar surface area (TPSA) is 235 Å². The van der Waals surface area contributed by atoms with E-state index >= 15 is 0 Å². The molecule has 0 saturated heterocycles. The number of carbonyl (C=O) groups is 4. The number of rotatable bonds is 21. The van der Waals surface area contributed by atoms with Crippen LogP contribution in [0.1, 0.15) is 38.5 Å². The number of anilines is 1. The summed E-state index contributed by atoms with van der Waals surface area (Å²) in [5.74, 6) is -4.80. The Morgan fingerprint density at radius 2 is 1.22 bits per heavy atom. The molecule has 5 heterocycles. The monoisotopic (exact) mass is 1300 g/mol. The van der Waals surface area contributed by atoms with E-state index in [1.165, 1.54) is 10.8 Å². The molecule has 8 rings (SSSR count). The number of hydrogen-bond acceptors (Lipinski definition) is 13. The average Bonchev–Trinajstić information content (AvgIpc) is 3.44. The minimum Gasteiger partial charge on any atom is -0.355 e.